The molecule has 1 N–H and O–H groups in total. The average Bonchev–Trinajstić information content (AvgIpc) is 3.46. The number of fused-ring (bicyclic) bond motifs is 1. The second-order valence-electron chi connectivity index (χ2n) is 9.48. The summed E-state index contributed by atoms with van der Waals surface area (Å²) in [6.45, 7) is 5.24. The van der Waals surface area contributed by atoms with Gasteiger partial charge < -0.3 is 19.1 Å². The molecule has 1 aromatic carbocycles. The molecule has 0 bridgehead atoms. The Morgan fingerprint density at radius 2 is 1.97 bits per heavy atom. The van der Waals surface area contributed by atoms with E-state index in [1.807, 2.05) is 53.2 Å². The number of aliphatic hydroxyl groups is 1. The molecule has 3 aromatic heterocycles. The Hall–Kier alpha value is -3.52. The Morgan fingerprint density at radius 3 is 2.68 bits per heavy atom. The van der Waals surface area contributed by atoms with Crippen LogP contribution in [0.3, 0.4) is 0 Å². The average molecular weight is 460 g/mol. The summed E-state index contributed by atoms with van der Waals surface area (Å²) >= 11 is 0. The molecule has 34 heavy (non-hydrogen) atoms. The van der Waals surface area contributed by atoms with Crippen LogP contribution in [0.4, 0.5) is 0 Å². The van der Waals surface area contributed by atoms with E-state index in [1.54, 1.807) is 6.20 Å². The molecule has 1 aliphatic heterocycles. The SMILES string of the molecule is CC(C)c1ccc(-c2nc(C3(O)CCN(C(=O)Cc4ccc5oncc5c4)CC3)cn2C)nc1. The highest BCUT2D eigenvalue weighted by Gasteiger charge is 2.38. The van der Waals surface area contributed by atoms with Crippen molar-refractivity contribution in [3.05, 3.63) is 65.7 Å². The van der Waals surface area contributed by atoms with Gasteiger partial charge in [-0.15, -0.1) is 0 Å². The van der Waals surface area contributed by atoms with E-state index in [1.165, 1.54) is 5.56 Å². The van der Waals surface area contributed by atoms with Crippen molar-refractivity contribution < 1.29 is 14.4 Å². The van der Waals surface area contributed by atoms with Crippen LogP contribution in [-0.2, 0) is 23.9 Å². The lowest BCUT2D eigenvalue weighted by atomic mass is 9.88. The van der Waals surface area contributed by atoms with Crippen molar-refractivity contribution >= 4 is 16.9 Å². The molecule has 4 heterocycles. The van der Waals surface area contributed by atoms with E-state index in [-0.39, 0.29) is 5.91 Å². The summed E-state index contributed by atoms with van der Waals surface area (Å²) in [6.07, 6.45) is 6.61. The first-order chi connectivity index (χ1) is 16.3. The van der Waals surface area contributed by atoms with Crippen LogP contribution in [0.1, 0.15) is 49.4 Å². The van der Waals surface area contributed by atoms with Gasteiger partial charge in [0.05, 0.1) is 18.3 Å². The number of likely N-dealkylation sites (tertiary alicyclic amines) is 1. The number of hydrogen-bond donors (Lipinski definition) is 1. The fourth-order valence-corrected chi connectivity index (χ4v) is 4.51. The number of carbonyl (C=O) groups excluding carboxylic acids is 1. The first-order valence-electron chi connectivity index (χ1n) is 11.7. The second-order valence-corrected chi connectivity index (χ2v) is 9.48. The van der Waals surface area contributed by atoms with Crippen molar-refractivity contribution in [3.63, 3.8) is 0 Å². The quantitative estimate of drug-likeness (QED) is 0.488. The van der Waals surface area contributed by atoms with Crippen molar-refractivity contribution in [2.45, 2.75) is 44.6 Å². The number of hydrogen-bond acceptors (Lipinski definition) is 6. The molecule has 0 radical (unpaired) electrons. The predicted octanol–water partition coefficient (Wildman–Crippen LogP) is 3.80. The minimum absolute atomic E-state index is 0.0500. The number of aryl methyl sites for hydroxylation is 1. The first-order valence-corrected chi connectivity index (χ1v) is 11.7. The van der Waals surface area contributed by atoms with E-state index in [0.717, 1.165) is 22.5 Å². The Kier molecular flexibility index (Phi) is 5.69. The maximum atomic E-state index is 12.9. The second kappa shape index (κ2) is 8.68. The normalized spacial score (nSPS) is 15.9. The van der Waals surface area contributed by atoms with E-state index in [2.05, 4.69) is 30.1 Å². The van der Waals surface area contributed by atoms with E-state index >= 15 is 0 Å². The Labute approximate surface area is 198 Å². The molecule has 1 aliphatic rings. The fourth-order valence-electron chi connectivity index (χ4n) is 4.51. The third-order valence-corrected chi connectivity index (χ3v) is 6.75. The van der Waals surface area contributed by atoms with Gasteiger partial charge in [-0.25, -0.2) is 4.98 Å². The van der Waals surface area contributed by atoms with Gasteiger partial charge in [-0.05, 0) is 48.1 Å². The molecule has 0 aliphatic carbocycles. The van der Waals surface area contributed by atoms with Crippen LogP contribution >= 0.6 is 0 Å². The number of benzene rings is 1. The van der Waals surface area contributed by atoms with Crippen LogP contribution in [0, 0.1) is 0 Å². The summed E-state index contributed by atoms with van der Waals surface area (Å²) in [6, 6.07) is 9.71. The minimum atomic E-state index is -1.06. The maximum Gasteiger partial charge on any atom is 0.226 e. The Bertz CT molecular complexity index is 1310. The number of aromatic nitrogens is 4. The highest BCUT2D eigenvalue weighted by molar-refractivity contribution is 5.82. The Morgan fingerprint density at radius 1 is 1.18 bits per heavy atom. The highest BCUT2D eigenvalue weighted by Crippen LogP contribution is 2.34. The first kappa shape index (κ1) is 22.3. The van der Waals surface area contributed by atoms with Crippen LogP contribution in [0.5, 0.6) is 0 Å². The zero-order valence-electron chi connectivity index (χ0n) is 19.7. The van der Waals surface area contributed by atoms with Crippen molar-refractivity contribution in [1.29, 1.82) is 0 Å². The number of amides is 1. The predicted molar refractivity (Wildman–Crippen MR) is 128 cm³/mol. The molecule has 0 unspecified atom stereocenters. The molecule has 5 rings (SSSR count). The number of rotatable bonds is 5. The smallest absolute Gasteiger partial charge is 0.226 e. The highest BCUT2D eigenvalue weighted by atomic mass is 16.5. The van der Waals surface area contributed by atoms with Gasteiger partial charge in [0.25, 0.3) is 0 Å². The topological polar surface area (TPSA) is 97.3 Å². The van der Waals surface area contributed by atoms with E-state index in [4.69, 9.17) is 9.51 Å². The van der Waals surface area contributed by atoms with Crippen LogP contribution in [0.15, 0.2) is 53.4 Å². The maximum absolute atomic E-state index is 12.9. The number of imidazole rings is 1. The zero-order valence-corrected chi connectivity index (χ0v) is 19.7. The van der Waals surface area contributed by atoms with Crippen LogP contribution < -0.4 is 0 Å². The lowest BCUT2D eigenvalue weighted by Gasteiger charge is -2.37. The largest absolute Gasteiger partial charge is 0.383 e. The third-order valence-electron chi connectivity index (χ3n) is 6.75. The van der Waals surface area contributed by atoms with Crippen molar-refractivity contribution in [2.24, 2.45) is 7.05 Å². The molecule has 1 saturated heterocycles. The van der Waals surface area contributed by atoms with Gasteiger partial charge in [0.1, 0.15) is 11.3 Å². The number of piperidine rings is 1. The molecule has 0 spiro atoms. The lowest BCUT2D eigenvalue weighted by Crippen LogP contribution is -2.45. The molecular weight excluding hydrogens is 430 g/mol. The summed E-state index contributed by atoms with van der Waals surface area (Å²) in [7, 11) is 1.91. The molecule has 8 heteroatoms. The number of pyridine rings is 1. The van der Waals surface area contributed by atoms with Crippen molar-refractivity contribution in [2.75, 3.05) is 13.1 Å². The van der Waals surface area contributed by atoms with Gasteiger partial charge in [0.2, 0.25) is 5.91 Å². The minimum Gasteiger partial charge on any atom is -0.383 e. The van der Waals surface area contributed by atoms with Crippen molar-refractivity contribution in [3.8, 4) is 11.5 Å². The molecule has 4 aromatic rings. The summed E-state index contributed by atoms with van der Waals surface area (Å²) in [5, 5.41) is 16.0. The number of carbonyl (C=O) groups is 1. The third kappa shape index (κ3) is 4.21. The molecule has 0 atom stereocenters. The van der Waals surface area contributed by atoms with Gasteiger partial charge in [-0.3, -0.25) is 9.78 Å². The molecule has 176 valence electrons. The molecule has 0 saturated carbocycles. The molecular formula is C26H29N5O3. The summed E-state index contributed by atoms with van der Waals surface area (Å²) in [5.41, 5.74) is 3.15. The Balaban J connectivity index is 1.26. The lowest BCUT2D eigenvalue weighted by molar-refractivity contribution is -0.135. The van der Waals surface area contributed by atoms with Crippen LogP contribution in [-0.4, -0.2) is 48.7 Å². The van der Waals surface area contributed by atoms with E-state index in [0.29, 0.717) is 49.5 Å². The van der Waals surface area contributed by atoms with Gasteiger partial charge in [-0.2, -0.15) is 0 Å². The summed E-state index contributed by atoms with van der Waals surface area (Å²) < 4.78 is 7.03. The number of nitrogens with zero attached hydrogens (tertiary/aromatic N) is 5. The van der Waals surface area contributed by atoms with Crippen LogP contribution in [0.25, 0.3) is 22.5 Å². The van der Waals surface area contributed by atoms with E-state index < -0.39 is 5.60 Å². The summed E-state index contributed by atoms with van der Waals surface area (Å²) in [4.78, 5) is 24.0. The van der Waals surface area contributed by atoms with Gasteiger partial charge in [0.15, 0.2) is 11.4 Å². The van der Waals surface area contributed by atoms with Crippen LogP contribution in [0.2, 0.25) is 0 Å². The van der Waals surface area contributed by atoms with E-state index in [9.17, 15) is 9.90 Å². The molecule has 8 nitrogen and oxygen atoms in total. The monoisotopic (exact) mass is 459 g/mol. The summed E-state index contributed by atoms with van der Waals surface area (Å²) in [5.74, 6) is 1.19. The zero-order chi connectivity index (χ0) is 23.9. The molecule has 1 fully saturated rings. The fraction of sp³-hybridized carbons (Fsp3) is 0.385. The van der Waals surface area contributed by atoms with Gasteiger partial charge >= 0.3 is 0 Å². The standard InChI is InChI=1S/C26H29N5O3/c1-17(2)19-5-6-21(27-14-19)25-29-23(16-30(25)3)26(33)8-10-31(11-9-26)24(32)13-18-4-7-22-20(12-18)15-28-34-22/h4-7,12,14-17,33H,8-11,13H2,1-3H3. The van der Waals surface area contributed by atoms with Crippen molar-refractivity contribution in [1.82, 2.24) is 24.6 Å². The van der Waals surface area contributed by atoms with Gasteiger partial charge in [0, 0.05) is 37.9 Å². The molecule has 1 amide bonds. The van der Waals surface area contributed by atoms with Gasteiger partial charge in [-0.1, -0.05) is 31.1 Å².